The van der Waals surface area contributed by atoms with E-state index in [9.17, 15) is 9.90 Å². The standard InChI is InChI=1S/C17H24O2/c1-16(2,3)14(18)13(15(19)17(4,5)6)12-10-8-7-9-11-12/h7-11,18H,1-6H3/b14-13-. The van der Waals surface area contributed by atoms with Crippen molar-refractivity contribution in [3.05, 3.63) is 41.7 Å². The molecule has 0 saturated carbocycles. The number of carbonyl (C=O) groups is 1. The zero-order chi connectivity index (χ0) is 14.8. The lowest BCUT2D eigenvalue weighted by Crippen LogP contribution is -2.25. The molecule has 0 aromatic heterocycles. The van der Waals surface area contributed by atoms with Crippen molar-refractivity contribution in [1.29, 1.82) is 0 Å². The third kappa shape index (κ3) is 3.69. The van der Waals surface area contributed by atoms with Gasteiger partial charge in [-0.15, -0.1) is 0 Å². The smallest absolute Gasteiger partial charge is 0.172 e. The molecule has 104 valence electrons. The number of aliphatic hydroxyl groups is 1. The summed E-state index contributed by atoms with van der Waals surface area (Å²) in [6.45, 7) is 11.3. The number of Topliss-reactive ketones (excluding diaryl/α,β-unsaturated/α-hetero) is 1. The minimum atomic E-state index is -0.523. The van der Waals surface area contributed by atoms with Crippen molar-refractivity contribution in [3.8, 4) is 0 Å². The van der Waals surface area contributed by atoms with E-state index in [-0.39, 0.29) is 11.5 Å². The maximum Gasteiger partial charge on any atom is 0.172 e. The van der Waals surface area contributed by atoms with Crippen molar-refractivity contribution in [2.45, 2.75) is 41.5 Å². The summed E-state index contributed by atoms with van der Waals surface area (Å²) in [5.41, 5.74) is 0.228. The zero-order valence-corrected chi connectivity index (χ0v) is 12.7. The molecule has 0 unspecified atom stereocenters. The number of carbonyl (C=O) groups excluding carboxylic acids is 1. The molecular weight excluding hydrogens is 236 g/mol. The molecule has 0 heterocycles. The van der Waals surface area contributed by atoms with Crippen molar-refractivity contribution < 1.29 is 9.90 Å². The Balaban J connectivity index is 3.50. The van der Waals surface area contributed by atoms with Crippen molar-refractivity contribution in [3.63, 3.8) is 0 Å². The van der Waals surface area contributed by atoms with E-state index in [2.05, 4.69) is 0 Å². The molecule has 0 spiro atoms. The summed E-state index contributed by atoms with van der Waals surface area (Å²) in [6.07, 6.45) is 0. The van der Waals surface area contributed by atoms with E-state index in [0.29, 0.717) is 5.57 Å². The summed E-state index contributed by atoms with van der Waals surface area (Å²) >= 11 is 0. The van der Waals surface area contributed by atoms with Crippen LogP contribution in [0.15, 0.2) is 36.1 Å². The second-order valence-corrected chi connectivity index (χ2v) is 6.92. The second-order valence-electron chi connectivity index (χ2n) is 6.92. The highest BCUT2D eigenvalue weighted by molar-refractivity contribution is 6.23. The van der Waals surface area contributed by atoms with Crippen LogP contribution in [0.4, 0.5) is 0 Å². The molecule has 1 N–H and O–H groups in total. The Kier molecular flexibility index (Phi) is 4.24. The van der Waals surface area contributed by atoms with Crippen molar-refractivity contribution >= 4 is 11.4 Å². The van der Waals surface area contributed by atoms with Gasteiger partial charge in [-0.2, -0.15) is 0 Å². The van der Waals surface area contributed by atoms with Crippen LogP contribution in [-0.2, 0) is 4.79 Å². The van der Waals surface area contributed by atoms with E-state index >= 15 is 0 Å². The lowest BCUT2D eigenvalue weighted by atomic mass is 9.79. The van der Waals surface area contributed by atoms with Gasteiger partial charge in [0.15, 0.2) is 5.78 Å². The normalized spacial score (nSPS) is 14.0. The van der Waals surface area contributed by atoms with Gasteiger partial charge >= 0.3 is 0 Å². The van der Waals surface area contributed by atoms with Gasteiger partial charge in [-0.1, -0.05) is 71.9 Å². The van der Waals surface area contributed by atoms with E-state index in [0.717, 1.165) is 5.56 Å². The van der Waals surface area contributed by atoms with E-state index < -0.39 is 10.8 Å². The summed E-state index contributed by atoms with van der Waals surface area (Å²) in [6, 6.07) is 9.38. The fraction of sp³-hybridized carbons (Fsp3) is 0.471. The van der Waals surface area contributed by atoms with Crippen LogP contribution in [0.25, 0.3) is 5.57 Å². The number of allylic oxidation sites excluding steroid dienone is 2. The number of ketones is 1. The van der Waals surface area contributed by atoms with Gasteiger partial charge in [0.05, 0.1) is 5.57 Å². The number of aliphatic hydroxyl groups excluding tert-OH is 1. The average Bonchev–Trinajstić information content (AvgIpc) is 2.28. The van der Waals surface area contributed by atoms with Gasteiger partial charge < -0.3 is 5.11 Å². The molecule has 0 fully saturated rings. The molecule has 1 aromatic carbocycles. The first-order chi connectivity index (χ1) is 8.55. The van der Waals surface area contributed by atoms with E-state index in [4.69, 9.17) is 0 Å². The Hall–Kier alpha value is -1.57. The first-order valence-corrected chi connectivity index (χ1v) is 6.59. The van der Waals surface area contributed by atoms with Crippen LogP contribution in [0.1, 0.15) is 47.1 Å². The van der Waals surface area contributed by atoms with E-state index in [1.54, 1.807) is 0 Å². The molecule has 1 rings (SSSR count). The predicted octanol–water partition coefficient (Wildman–Crippen LogP) is 4.62. The largest absolute Gasteiger partial charge is 0.511 e. The van der Waals surface area contributed by atoms with Crippen molar-refractivity contribution in [2.75, 3.05) is 0 Å². The van der Waals surface area contributed by atoms with Crippen molar-refractivity contribution in [1.82, 2.24) is 0 Å². The van der Waals surface area contributed by atoms with Crippen LogP contribution in [0.2, 0.25) is 0 Å². The molecule has 0 aliphatic rings. The van der Waals surface area contributed by atoms with Gasteiger partial charge in [-0.25, -0.2) is 0 Å². The summed E-state index contributed by atoms with van der Waals surface area (Å²) < 4.78 is 0. The Labute approximate surface area is 116 Å². The third-order valence-electron chi connectivity index (χ3n) is 2.92. The Morgan fingerprint density at radius 2 is 1.37 bits per heavy atom. The predicted molar refractivity (Wildman–Crippen MR) is 79.9 cm³/mol. The summed E-state index contributed by atoms with van der Waals surface area (Å²) in [5.74, 6) is 0.116. The molecule has 1 aromatic rings. The number of rotatable bonds is 2. The Bertz CT molecular complexity index is 482. The molecule has 0 amide bonds. The highest BCUT2D eigenvalue weighted by Gasteiger charge is 2.32. The van der Waals surface area contributed by atoms with Crippen LogP contribution < -0.4 is 0 Å². The monoisotopic (exact) mass is 260 g/mol. The molecule has 0 saturated heterocycles. The van der Waals surface area contributed by atoms with Crippen LogP contribution in [0, 0.1) is 10.8 Å². The van der Waals surface area contributed by atoms with Crippen LogP contribution in [0.3, 0.4) is 0 Å². The molecule has 2 heteroatoms. The maximum absolute atomic E-state index is 12.6. The van der Waals surface area contributed by atoms with Gasteiger partial charge in [-0.3, -0.25) is 4.79 Å². The SMILES string of the molecule is CC(C)(C)C(=O)/C(=C(\O)C(C)(C)C)c1ccccc1. The third-order valence-corrected chi connectivity index (χ3v) is 2.92. The van der Waals surface area contributed by atoms with Gasteiger partial charge in [0.25, 0.3) is 0 Å². The van der Waals surface area contributed by atoms with E-state index in [1.807, 2.05) is 71.9 Å². The number of hydrogen-bond acceptors (Lipinski definition) is 2. The van der Waals surface area contributed by atoms with Crippen LogP contribution >= 0.6 is 0 Å². The minimum absolute atomic E-state index is 0.0360. The van der Waals surface area contributed by atoms with Gasteiger partial charge in [-0.05, 0) is 5.56 Å². The Morgan fingerprint density at radius 1 is 0.895 bits per heavy atom. The highest BCUT2D eigenvalue weighted by atomic mass is 16.3. The quantitative estimate of drug-likeness (QED) is 0.622. The molecule has 19 heavy (non-hydrogen) atoms. The highest BCUT2D eigenvalue weighted by Crippen LogP contribution is 2.35. The van der Waals surface area contributed by atoms with Crippen LogP contribution in [0.5, 0.6) is 0 Å². The van der Waals surface area contributed by atoms with Gasteiger partial charge in [0.1, 0.15) is 5.76 Å². The maximum atomic E-state index is 12.6. The number of benzene rings is 1. The summed E-state index contributed by atoms with van der Waals surface area (Å²) in [7, 11) is 0. The first kappa shape index (κ1) is 15.5. The molecule has 2 nitrogen and oxygen atoms in total. The average molecular weight is 260 g/mol. The fourth-order valence-corrected chi connectivity index (χ4v) is 1.73. The molecule has 0 bridgehead atoms. The second kappa shape index (κ2) is 5.20. The lowest BCUT2D eigenvalue weighted by molar-refractivity contribution is -0.120. The van der Waals surface area contributed by atoms with Gasteiger partial charge in [0.2, 0.25) is 0 Å². The molecule has 0 atom stereocenters. The molecule has 0 aliphatic carbocycles. The molecular formula is C17H24O2. The first-order valence-electron chi connectivity index (χ1n) is 6.59. The van der Waals surface area contributed by atoms with E-state index in [1.165, 1.54) is 0 Å². The number of hydrogen-bond donors (Lipinski definition) is 1. The topological polar surface area (TPSA) is 37.3 Å². The minimum Gasteiger partial charge on any atom is -0.511 e. The molecule has 0 aliphatic heterocycles. The van der Waals surface area contributed by atoms with Crippen molar-refractivity contribution in [2.24, 2.45) is 10.8 Å². The summed E-state index contributed by atoms with van der Waals surface area (Å²) in [4.78, 5) is 12.6. The zero-order valence-electron chi connectivity index (χ0n) is 12.7. The Morgan fingerprint density at radius 3 is 1.74 bits per heavy atom. The molecule has 0 radical (unpaired) electrons. The van der Waals surface area contributed by atoms with Crippen LogP contribution in [-0.4, -0.2) is 10.9 Å². The fourth-order valence-electron chi connectivity index (χ4n) is 1.73. The van der Waals surface area contributed by atoms with Gasteiger partial charge in [0, 0.05) is 10.8 Å². The lowest BCUT2D eigenvalue weighted by Gasteiger charge is -2.25. The summed E-state index contributed by atoms with van der Waals surface area (Å²) in [5, 5.41) is 10.5.